The molecule has 0 bridgehead atoms. The van der Waals surface area contributed by atoms with E-state index < -0.39 is 0 Å². The van der Waals surface area contributed by atoms with Gasteiger partial charge in [0.2, 0.25) is 11.7 Å². The highest BCUT2D eigenvalue weighted by Crippen LogP contribution is 2.15. The zero-order valence-electron chi connectivity index (χ0n) is 10.3. The average molecular weight is 243 g/mol. The van der Waals surface area contributed by atoms with E-state index in [-0.39, 0.29) is 5.92 Å². The number of hydrogen-bond acceptors (Lipinski definition) is 6. The number of nitriles is 1. The summed E-state index contributed by atoms with van der Waals surface area (Å²) in [6.45, 7) is 3.78. The van der Waals surface area contributed by atoms with Gasteiger partial charge in [0.05, 0.1) is 6.07 Å². The Labute approximate surface area is 105 Å². The third-order valence-corrected chi connectivity index (χ3v) is 2.44. The molecule has 92 valence electrons. The van der Waals surface area contributed by atoms with Gasteiger partial charge >= 0.3 is 0 Å². The molecule has 6 heteroatoms. The molecular weight excluding hydrogens is 230 g/mol. The summed E-state index contributed by atoms with van der Waals surface area (Å²) in [5.74, 6) is 1.86. The summed E-state index contributed by atoms with van der Waals surface area (Å²) in [4.78, 5) is 12.5. The van der Waals surface area contributed by atoms with Crippen molar-refractivity contribution in [1.82, 2.24) is 20.1 Å². The van der Waals surface area contributed by atoms with Crippen molar-refractivity contribution < 1.29 is 4.52 Å². The number of rotatable bonds is 4. The molecular formula is C12H13N5O. The fourth-order valence-electron chi connectivity index (χ4n) is 1.55. The van der Waals surface area contributed by atoms with Crippen LogP contribution in [-0.2, 0) is 6.42 Å². The lowest BCUT2D eigenvalue weighted by Crippen LogP contribution is -1.98. The molecule has 0 saturated carbocycles. The molecule has 1 unspecified atom stereocenters. The van der Waals surface area contributed by atoms with E-state index in [1.807, 2.05) is 6.92 Å². The predicted molar refractivity (Wildman–Crippen MR) is 63.2 cm³/mol. The second-order valence-electron chi connectivity index (χ2n) is 4.17. The van der Waals surface area contributed by atoms with E-state index in [9.17, 15) is 0 Å². The zero-order valence-corrected chi connectivity index (χ0v) is 10.3. The molecule has 0 aliphatic rings. The Morgan fingerprint density at radius 1 is 1.44 bits per heavy atom. The van der Waals surface area contributed by atoms with Gasteiger partial charge in [0, 0.05) is 19.0 Å². The maximum atomic E-state index is 8.59. The number of aromatic nitrogens is 4. The third-order valence-electron chi connectivity index (χ3n) is 2.44. The monoisotopic (exact) mass is 243 g/mol. The lowest BCUT2D eigenvalue weighted by molar-refractivity contribution is 0.359. The molecule has 2 aromatic heterocycles. The Hall–Kier alpha value is -2.29. The van der Waals surface area contributed by atoms with Gasteiger partial charge in [0.25, 0.3) is 0 Å². The van der Waals surface area contributed by atoms with Crippen molar-refractivity contribution in [1.29, 1.82) is 5.26 Å². The van der Waals surface area contributed by atoms with E-state index in [1.54, 1.807) is 19.2 Å². The minimum absolute atomic E-state index is 0.204. The summed E-state index contributed by atoms with van der Waals surface area (Å²) in [6.07, 6.45) is 2.74. The van der Waals surface area contributed by atoms with Gasteiger partial charge in [-0.25, -0.2) is 9.97 Å². The van der Waals surface area contributed by atoms with Gasteiger partial charge < -0.3 is 4.52 Å². The van der Waals surface area contributed by atoms with Crippen LogP contribution >= 0.6 is 0 Å². The van der Waals surface area contributed by atoms with E-state index in [0.717, 1.165) is 0 Å². The molecule has 0 aromatic carbocycles. The van der Waals surface area contributed by atoms with Gasteiger partial charge in [-0.3, -0.25) is 0 Å². The maximum Gasteiger partial charge on any atom is 0.227 e. The topological polar surface area (TPSA) is 88.5 Å². The van der Waals surface area contributed by atoms with Crippen LogP contribution in [0.25, 0.3) is 11.5 Å². The van der Waals surface area contributed by atoms with Crippen molar-refractivity contribution in [3.63, 3.8) is 0 Å². The lowest BCUT2D eigenvalue weighted by atomic mass is 10.1. The number of hydrogen-bond donors (Lipinski definition) is 0. The molecule has 0 aliphatic heterocycles. The van der Waals surface area contributed by atoms with Gasteiger partial charge in [-0.1, -0.05) is 12.1 Å². The van der Waals surface area contributed by atoms with Crippen LogP contribution in [0.5, 0.6) is 0 Å². The second kappa shape index (κ2) is 5.36. The first kappa shape index (κ1) is 12.2. The Bertz CT molecular complexity index is 572. The fourth-order valence-corrected chi connectivity index (χ4v) is 1.55. The van der Waals surface area contributed by atoms with Crippen LogP contribution in [0.1, 0.15) is 25.1 Å². The number of aryl methyl sites for hydroxylation is 1. The molecule has 2 heterocycles. The van der Waals surface area contributed by atoms with Gasteiger partial charge in [0.15, 0.2) is 0 Å². The Morgan fingerprint density at radius 3 is 3.00 bits per heavy atom. The highest BCUT2D eigenvalue weighted by Gasteiger charge is 2.12. The van der Waals surface area contributed by atoms with Crippen LogP contribution in [0.4, 0.5) is 0 Å². The first-order valence-electron chi connectivity index (χ1n) is 5.68. The van der Waals surface area contributed by atoms with E-state index in [1.165, 1.54) is 0 Å². The molecule has 0 spiro atoms. The van der Waals surface area contributed by atoms with Gasteiger partial charge in [-0.2, -0.15) is 10.2 Å². The summed E-state index contributed by atoms with van der Waals surface area (Å²) in [5, 5.41) is 12.5. The predicted octanol–water partition coefficient (Wildman–Crippen LogP) is 1.93. The van der Waals surface area contributed by atoms with Crippen LogP contribution in [0.3, 0.4) is 0 Å². The summed E-state index contributed by atoms with van der Waals surface area (Å²) in [6, 6.07) is 3.86. The highest BCUT2D eigenvalue weighted by molar-refractivity contribution is 5.46. The molecule has 2 rings (SSSR count). The van der Waals surface area contributed by atoms with Gasteiger partial charge in [-0.15, -0.1) is 0 Å². The SMILES string of the molecule is Cc1nccc(-c2noc(CC(C)CC#N)n2)n1. The highest BCUT2D eigenvalue weighted by atomic mass is 16.5. The van der Waals surface area contributed by atoms with Crippen LogP contribution in [0.2, 0.25) is 0 Å². The Balaban J connectivity index is 2.13. The summed E-state index contributed by atoms with van der Waals surface area (Å²) in [7, 11) is 0. The van der Waals surface area contributed by atoms with Gasteiger partial charge in [-0.05, 0) is 18.9 Å². The van der Waals surface area contributed by atoms with Crippen molar-refractivity contribution in [2.24, 2.45) is 5.92 Å². The third kappa shape index (κ3) is 2.88. The minimum Gasteiger partial charge on any atom is -0.339 e. The van der Waals surface area contributed by atoms with Crippen LogP contribution in [0, 0.1) is 24.2 Å². The normalized spacial score (nSPS) is 12.1. The molecule has 0 radical (unpaired) electrons. The van der Waals surface area contributed by atoms with Crippen LogP contribution in [-0.4, -0.2) is 20.1 Å². The molecule has 2 aromatic rings. The van der Waals surface area contributed by atoms with E-state index in [4.69, 9.17) is 9.78 Å². The van der Waals surface area contributed by atoms with Crippen LogP contribution in [0.15, 0.2) is 16.8 Å². The largest absolute Gasteiger partial charge is 0.339 e. The van der Waals surface area contributed by atoms with Crippen molar-refractivity contribution in [2.75, 3.05) is 0 Å². The van der Waals surface area contributed by atoms with Crippen molar-refractivity contribution in [3.8, 4) is 17.6 Å². The Morgan fingerprint density at radius 2 is 2.28 bits per heavy atom. The first-order valence-corrected chi connectivity index (χ1v) is 5.68. The zero-order chi connectivity index (χ0) is 13.0. The van der Waals surface area contributed by atoms with E-state index in [2.05, 4.69) is 26.2 Å². The molecule has 0 N–H and O–H groups in total. The van der Waals surface area contributed by atoms with Crippen molar-refractivity contribution in [3.05, 3.63) is 24.0 Å². The molecule has 0 saturated heterocycles. The summed E-state index contributed by atoms with van der Waals surface area (Å²) in [5.41, 5.74) is 0.644. The fraction of sp³-hybridized carbons (Fsp3) is 0.417. The average Bonchev–Trinajstić information content (AvgIpc) is 2.78. The smallest absolute Gasteiger partial charge is 0.227 e. The molecule has 6 nitrogen and oxygen atoms in total. The van der Waals surface area contributed by atoms with Crippen molar-refractivity contribution in [2.45, 2.75) is 26.7 Å². The minimum atomic E-state index is 0.204. The standard InChI is InChI=1S/C12H13N5O/c1-8(3-5-13)7-11-16-12(17-18-11)10-4-6-14-9(2)15-10/h4,6,8H,3,7H2,1-2H3. The quantitative estimate of drug-likeness (QED) is 0.815. The first-order chi connectivity index (χ1) is 8.69. The molecule has 0 amide bonds. The maximum absolute atomic E-state index is 8.59. The number of nitrogens with zero attached hydrogens (tertiary/aromatic N) is 5. The lowest BCUT2D eigenvalue weighted by Gasteiger charge is -2.00. The van der Waals surface area contributed by atoms with E-state index in [0.29, 0.717) is 36.1 Å². The van der Waals surface area contributed by atoms with Crippen molar-refractivity contribution >= 4 is 0 Å². The van der Waals surface area contributed by atoms with Gasteiger partial charge in [0.1, 0.15) is 11.5 Å². The summed E-state index contributed by atoms with van der Waals surface area (Å²) < 4.78 is 5.14. The molecule has 0 fully saturated rings. The second-order valence-corrected chi connectivity index (χ2v) is 4.17. The van der Waals surface area contributed by atoms with Crippen LogP contribution < -0.4 is 0 Å². The molecule has 0 aliphatic carbocycles. The molecule has 18 heavy (non-hydrogen) atoms. The molecule has 1 atom stereocenters. The Kier molecular flexibility index (Phi) is 3.63. The summed E-state index contributed by atoms with van der Waals surface area (Å²) >= 11 is 0. The van der Waals surface area contributed by atoms with E-state index >= 15 is 0 Å².